The normalized spacial score (nSPS) is 23.8. The molecule has 1 unspecified atom stereocenters. The second-order valence-corrected chi connectivity index (χ2v) is 6.64. The van der Waals surface area contributed by atoms with E-state index in [2.05, 4.69) is 5.32 Å². The largest absolute Gasteiger partial charge is 0.383 e. The summed E-state index contributed by atoms with van der Waals surface area (Å²) < 4.78 is 0. The van der Waals surface area contributed by atoms with Gasteiger partial charge < -0.3 is 20.2 Å². The number of likely N-dealkylation sites (tertiary alicyclic amines) is 2. The van der Waals surface area contributed by atoms with Crippen molar-refractivity contribution in [1.29, 1.82) is 0 Å². The molecule has 3 rings (SSSR count). The Balaban J connectivity index is 1.42. The molecule has 0 aromatic heterocycles. The van der Waals surface area contributed by atoms with E-state index in [1.54, 1.807) is 4.90 Å². The van der Waals surface area contributed by atoms with Crippen molar-refractivity contribution in [2.45, 2.75) is 31.3 Å². The maximum absolute atomic E-state index is 12.2. The maximum Gasteiger partial charge on any atom is 0.317 e. The fourth-order valence-corrected chi connectivity index (χ4v) is 3.47. The van der Waals surface area contributed by atoms with Gasteiger partial charge in [0.2, 0.25) is 5.91 Å². The van der Waals surface area contributed by atoms with Crippen LogP contribution in [0.5, 0.6) is 0 Å². The molecule has 130 valence electrons. The van der Waals surface area contributed by atoms with Gasteiger partial charge in [0.05, 0.1) is 6.54 Å². The zero-order chi connectivity index (χ0) is 17.0. The number of carbonyl (C=O) groups excluding carboxylic acids is 2. The molecule has 2 N–H and O–H groups in total. The Morgan fingerprint density at radius 1 is 1.25 bits per heavy atom. The van der Waals surface area contributed by atoms with Crippen LogP contribution in [0.25, 0.3) is 0 Å². The van der Waals surface area contributed by atoms with Crippen molar-refractivity contribution in [2.75, 3.05) is 32.7 Å². The van der Waals surface area contributed by atoms with Gasteiger partial charge in [-0.05, 0) is 24.8 Å². The van der Waals surface area contributed by atoms with E-state index < -0.39 is 5.60 Å². The lowest BCUT2D eigenvalue weighted by molar-refractivity contribution is -0.127. The van der Waals surface area contributed by atoms with Gasteiger partial charge in [0.15, 0.2) is 0 Å². The number of hydrogen-bond acceptors (Lipinski definition) is 3. The third kappa shape index (κ3) is 3.70. The lowest BCUT2D eigenvalue weighted by atomic mass is 9.93. The predicted molar refractivity (Wildman–Crippen MR) is 90.4 cm³/mol. The molecular weight excluding hydrogens is 306 g/mol. The molecule has 6 nitrogen and oxygen atoms in total. The number of amides is 3. The van der Waals surface area contributed by atoms with E-state index in [9.17, 15) is 14.7 Å². The summed E-state index contributed by atoms with van der Waals surface area (Å²) in [6.07, 6.45) is 2.90. The number of aliphatic hydroxyl groups is 1. The number of nitrogens with one attached hydrogen (secondary N) is 1. The zero-order valence-corrected chi connectivity index (χ0v) is 13.9. The first kappa shape index (κ1) is 16.8. The van der Waals surface area contributed by atoms with Crippen LogP contribution in [-0.2, 0) is 10.4 Å². The molecule has 24 heavy (non-hydrogen) atoms. The van der Waals surface area contributed by atoms with Crippen LogP contribution in [0, 0.1) is 0 Å². The molecule has 0 radical (unpaired) electrons. The molecule has 6 heteroatoms. The average molecular weight is 331 g/mol. The number of benzene rings is 1. The van der Waals surface area contributed by atoms with Crippen molar-refractivity contribution in [3.05, 3.63) is 35.9 Å². The standard InChI is InChI=1S/C18H25N3O3/c22-16-8-4-11-20(16)12-5-10-19-17(23)21-13-9-18(24,14-21)15-6-2-1-3-7-15/h1-3,6-7,24H,4-5,8-14H2,(H,19,23). The Bertz CT molecular complexity index is 592. The Morgan fingerprint density at radius 2 is 2.04 bits per heavy atom. The van der Waals surface area contributed by atoms with Gasteiger partial charge in [0.1, 0.15) is 5.60 Å². The molecule has 1 atom stereocenters. The topological polar surface area (TPSA) is 72.9 Å². The monoisotopic (exact) mass is 331 g/mol. The third-order valence-electron chi connectivity index (χ3n) is 4.90. The minimum Gasteiger partial charge on any atom is -0.383 e. The van der Waals surface area contributed by atoms with Gasteiger partial charge >= 0.3 is 6.03 Å². The number of β-amino-alcohol motifs (C(OH)–C–C–N with tert-alkyl or cyclic N) is 1. The minimum absolute atomic E-state index is 0.144. The lowest BCUT2D eigenvalue weighted by Crippen LogP contribution is -2.41. The molecular formula is C18H25N3O3. The smallest absolute Gasteiger partial charge is 0.317 e. The number of carbonyl (C=O) groups is 2. The van der Waals surface area contributed by atoms with Crippen LogP contribution in [0.1, 0.15) is 31.2 Å². The summed E-state index contributed by atoms with van der Waals surface area (Å²) in [5.41, 5.74) is -0.103. The molecule has 2 fully saturated rings. The number of hydrogen-bond donors (Lipinski definition) is 2. The summed E-state index contributed by atoms with van der Waals surface area (Å²) in [6.45, 7) is 2.94. The summed E-state index contributed by atoms with van der Waals surface area (Å²) in [7, 11) is 0. The van der Waals surface area contributed by atoms with Crippen LogP contribution in [0.4, 0.5) is 4.79 Å². The van der Waals surface area contributed by atoms with Crippen LogP contribution in [0.3, 0.4) is 0 Å². The van der Waals surface area contributed by atoms with Gasteiger partial charge in [0.25, 0.3) is 0 Å². The summed E-state index contributed by atoms with van der Waals surface area (Å²) in [5, 5.41) is 13.7. The molecule has 0 aliphatic carbocycles. The number of nitrogens with zero attached hydrogens (tertiary/aromatic N) is 2. The van der Waals surface area contributed by atoms with Crippen molar-refractivity contribution in [3.8, 4) is 0 Å². The van der Waals surface area contributed by atoms with Crippen molar-refractivity contribution in [2.24, 2.45) is 0 Å². The summed E-state index contributed by atoms with van der Waals surface area (Å²) >= 11 is 0. The first-order valence-electron chi connectivity index (χ1n) is 8.67. The molecule has 2 heterocycles. The fraction of sp³-hybridized carbons (Fsp3) is 0.556. The Hall–Kier alpha value is -2.08. The van der Waals surface area contributed by atoms with E-state index in [0.717, 1.165) is 24.9 Å². The Labute approximate surface area is 142 Å². The highest BCUT2D eigenvalue weighted by Gasteiger charge is 2.39. The van der Waals surface area contributed by atoms with Crippen LogP contribution in [-0.4, -0.2) is 59.6 Å². The lowest BCUT2D eigenvalue weighted by Gasteiger charge is -2.24. The van der Waals surface area contributed by atoms with Crippen molar-refractivity contribution >= 4 is 11.9 Å². The molecule has 1 aromatic carbocycles. The summed E-state index contributed by atoms with van der Waals surface area (Å²) in [6, 6.07) is 9.36. The van der Waals surface area contributed by atoms with Crippen LogP contribution in [0.15, 0.2) is 30.3 Å². The van der Waals surface area contributed by atoms with Gasteiger partial charge in [-0.3, -0.25) is 4.79 Å². The Morgan fingerprint density at radius 3 is 2.75 bits per heavy atom. The second kappa shape index (κ2) is 7.21. The van der Waals surface area contributed by atoms with Gasteiger partial charge in [-0.25, -0.2) is 4.79 Å². The highest BCUT2D eigenvalue weighted by molar-refractivity contribution is 5.78. The van der Waals surface area contributed by atoms with E-state index in [-0.39, 0.29) is 11.9 Å². The molecule has 0 bridgehead atoms. The van der Waals surface area contributed by atoms with Crippen LogP contribution >= 0.6 is 0 Å². The molecule has 2 aliphatic heterocycles. The molecule has 0 saturated carbocycles. The van der Waals surface area contributed by atoms with Crippen LogP contribution in [0.2, 0.25) is 0 Å². The zero-order valence-electron chi connectivity index (χ0n) is 13.9. The third-order valence-corrected chi connectivity index (χ3v) is 4.90. The SMILES string of the molecule is O=C1CCCN1CCCNC(=O)N1CCC(O)(c2ccccc2)C1. The molecule has 2 saturated heterocycles. The van der Waals surface area contributed by atoms with E-state index in [0.29, 0.717) is 39.0 Å². The molecule has 0 spiro atoms. The van der Waals surface area contributed by atoms with Gasteiger partial charge in [-0.2, -0.15) is 0 Å². The fourth-order valence-electron chi connectivity index (χ4n) is 3.47. The van der Waals surface area contributed by atoms with E-state index >= 15 is 0 Å². The van der Waals surface area contributed by atoms with Crippen LogP contribution < -0.4 is 5.32 Å². The predicted octanol–water partition coefficient (Wildman–Crippen LogP) is 1.30. The first-order valence-corrected chi connectivity index (χ1v) is 8.67. The van der Waals surface area contributed by atoms with E-state index in [4.69, 9.17) is 0 Å². The molecule has 1 aromatic rings. The van der Waals surface area contributed by atoms with Gasteiger partial charge in [-0.15, -0.1) is 0 Å². The van der Waals surface area contributed by atoms with E-state index in [1.807, 2.05) is 35.2 Å². The number of rotatable bonds is 5. The maximum atomic E-state index is 12.2. The highest BCUT2D eigenvalue weighted by atomic mass is 16.3. The average Bonchev–Trinajstić information content (AvgIpc) is 3.19. The molecule has 2 aliphatic rings. The quantitative estimate of drug-likeness (QED) is 0.799. The summed E-state index contributed by atoms with van der Waals surface area (Å²) in [5.74, 6) is 0.216. The van der Waals surface area contributed by atoms with Gasteiger partial charge in [-0.1, -0.05) is 30.3 Å². The molecule has 3 amide bonds. The first-order chi connectivity index (χ1) is 11.6. The highest BCUT2D eigenvalue weighted by Crippen LogP contribution is 2.31. The van der Waals surface area contributed by atoms with E-state index in [1.165, 1.54) is 0 Å². The minimum atomic E-state index is -0.958. The second-order valence-electron chi connectivity index (χ2n) is 6.64. The van der Waals surface area contributed by atoms with Crippen molar-refractivity contribution < 1.29 is 14.7 Å². The van der Waals surface area contributed by atoms with Crippen molar-refractivity contribution in [1.82, 2.24) is 15.1 Å². The van der Waals surface area contributed by atoms with Crippen molar-refractivity contribution in [3.63, 3.8) is 0 Å². The summed E-state index contributed by atoms with van der Waals surface area (Å²) in [4.78, 5) is 27.3. The van der Waals surface area contributed by atoms with Gasteiger partial charge in [0, 0.05) is 32.6 Å². The Kier molecular flexibility index (Phi) is 5.04. The number of urea groups is 1.